The Hall–Kier alpha value is -1.30. The van der Waals surface area contributed by atoms with Crippen molar-refractivity contribution in [2.45, 2.75) is 31.7 Å². The lowest BCUT2D eigenvalue weighted by Crippen LogP contribution is -2.57. The fraction of sp³-hybridized carbons (Fsp3) is 0.579. The molecule has 26 heavy (non-hydrogen) atoms. The zero-order valence-corrected chi connectivity index (χ0v) is 16.5. The molecule has 1 aliphatic heterocycles. The minimum Gasteiger partial charge on any atom is -0.358 e. The van der Waals surface area contributed by atoms with Crippen LogP contribution < -0.4 is 5.32 Å². The van der Waals surface area contributed by atoms with E-state index >= 15 is 0 Å². The van der Waals surface area contributed by atoms with Gasteiger partial charge in [-0.25, -0.2) is 0 Å². The molecule has 1 aliphatic carbocycles. The molecule has 5 nitrogen and oxygen atoms in total. The zero-order chi connectivity index (χ0) is 18.7. The molecule has 7 heteroatoms. The topological polar surface area (TPSA) is 52.7 Å². The van der Waals surface area contributed by atoms with Crippen LogP contribution in [0.5, 0.6) is 0 Å². The first-order valence-corrected chi connectivity index (χ1v) is 9.97. The van der Waals surface area contributed by atoms with Crippen molar-refractivity contribution in [2.75, 3.05) is 33.2 Å². The van der Waals surface area contributed by atoms with Gasteiger partial charge < -0.3 is 10.2 Å². The summed E-state index contributed by atoms with van der Waals surface area (Å²) in [4.78, 5) is 29.2. The monoisotopic (exact) mass is 397 g/mol. The van der Waals surface area contributed by atoms with E-state index in [9.17, 15) is 9.59 Å². The summed E-state index contributed by atoms with van der Waals surface area (Å²) in [6.07, 6.45) is 4.62. The summed E-state index contributed by atoms with van der Waals surface area (Å²) in [6, 6.07) is 4.86. The Labute approximate surface area is 164 Å². The lowest BCUT2D eigenvalue weighted by Gasteiger charge is -2.40. The molecule has 1 aromatic rings. The number of nitrogens with one attached hydrogen (secondary N) is 1. The number of benzene rings is 1. The molecule has 1 saturated heterocycles. The number of hydrogen-bond acceptors (Lipinski definition) is 3. The van der Waals surface area contributed by atoms with Crippen LogP contribution in [0.25, 0.3) is 0 Å². The van der Waals surface area contributed by atoms with Gasteiger partial charge in [0.05, 0.1) is 16.6 Å². The van der Waals surface area contributed by atoms with Crippen LogP contribution in [0.15, 0.2) is 18.2 Å². The van der Waals surface area contributed by atoms with Crippen LogP contribution in [0.4, 0.5) is 0 Å². The Morgan fingerprint density at radius 2 is 1.77 bits per heavy atom. The first-order chi connectivity index (χ1) is 12.5. The summed E-state index contributed by atoms with van der Waals surface area (Å²) < 4.78 is 0. The molecule has 0 bridgehead atoms. The molecule has 1 heterocycles. The Bertz CT molecular complexity index is 669. The predicted octanol–water partition coefficient (Wildman–Crippen LogP) is 3.06. The molecule has 1 aromatic carbocycles. The molecule has 0 spiro atoms. The molecule has 1 atom stereocenters. The number of nitrogens with zero attached hydrogens (tertiary/aromatic N) is 2. The number of piperazine rings is 1. The third-order valence-corrected chi connectivity index (χ3v) is 6.07. The van der Waals surface area contributed by atoms with Gasteiger partial charge in [-0.1, -0.05) is 36.0 Å². The summed E-state index contributed by atoms with van der Waals surface area (Å²) in [5.74, 6) is 0.434. The molecule has 0 radical (unpaired) electrons. The number of hydrogen-bond donors (Lipinski definition) is 1. The van der Waals surface area contributed by atoms with Crippen molar-refractivity contribution < 1.29 is 9.59 Å². The molecular formula is C19H25Cl2N3O2. The summed E-state index contributed by atoms with van der Waals surface area (Å²) >= 11 is 12.1. The van der Waals surface area contributed by atoms with Crippen LogP contribution in [0, 0.1) is 5.92 Å². The number of carbonyl (C=O) groups excluding carboxylic acids is 2. The Balaban J connectivity index is 1.65. The molecule has 2 aliphatic rings. The van der Waals surface area contributed by atoms with Gasteiger partial charge in [-0.3, -0.25) is 14.5 Å². The number of likely N-dealkylation sites (N-methyl/N-ethyl adjacent to an activating group) is 1. The van der Waals surface area contributed by atoms with Crippen molar-refractivity contribution in [2.24, 2.45) is 5.92 Å². The van der Waals surface area contributed by atoms with Gasteiger partial charge in [-0.2, -0.15) is 0 Å². The van der Waals surface area contributed by atoms with Crippen molar-refractivity contribution in [1.29, 1.82) is 0 Å². The smallest absolute Gasteiger partial charge is 0.255 e. The average Bonchev–Trinajstić information content (AvgIpc) is 3.16. The highest BCUT2D eigenvalue weighted by Gasteiger charge is 2.37. The normalized spacial score (nSPS) is 20.2. The lowest BCUT2D eigenvalue weighted by atomic mass is 9.95. The van der Waals surface area contributed by atoms with Gasteiger partial charge in [0.15, 0.2) is 0 Å². The molecule has 1 saturated carbocycles. The summed E-state index contributed by atoms with van der Waals surface area (Å²) in [5, 5.41) is 3.71. The van der Waals surface area contributed by atoms with Crippen LogP contribution in [-0.2, 0) is 4.79 Å². The van der Waals surface area contributed by atoms with Gasteiger partial charge in [0.2, 0.25) is 5.91 Å². The number of rotatable bonds is 4. The van der Waals surface area contributed by atoms with Gasteiger partial charge >= 0.3 is 0 Å². The third-order valence-electron chi connectivity index (χ3n) is 5.52. The van der Waals surface area contributed by atoms with Gasteiger partial charge in [0.1, 0.15) is 0 Å². The highest BCUT2D eigenvalue weighted by atomic mass is 35.5. The first kappa shape index (κ1) is 19.5. The van der Waals surface area contributed by atoms with Crippen LogP contribution in [-0.4, -0.2) is 60.9 Å². The van der Waals surface area contributed by atoms with E-state index in [1.54, 1.807) is 30.1 Å². The summed E-state index contributed by atoms with van der Waals surface area (Å²) in [5.41, 5.74) is 0.475. The van der Waals surface area contributed by atoms with Gasteiger partial charge in [0.25, 0.3) is 5.91 Å². The lowest BCUT2D eigenvalue weighted by molar-refractivity contribution is -0.128. The number of halogens is 2. The molecule has 1 N–H and O–H groups in total. The van der Waals surface area contributed by atoms with Crippen molar-refractivity contribution in [1.82, 2.24) is 15.1 Å². The molecule has 3 rings (SSSR count). The van der Waals surface area contributed by atoms with Crippen LogP contribution >= 0.6 is 23.2 Å². The Kier molecular flexibility index (Phi) is 6.43. The maximum Gasteiger partial charge on any atom is 0.255 e. The van der Waals surface area contributed by atoms with Crippen LogP contribution in [0.2, 0.25) is 10.0 Å². The van der Waals surface area contributed by atoms with E-state index in [1.165, 1.54) is 12.8 Å². The largest absolute Gasteiger partial charge is 0.358 e. The molecular weight excluding hydrogens is 373 g/mol. The van der Waals surface area contributed by atoms with E-state index in [0.29, 0.717) is 47.7 Å². The minimum atomic E-state index is -0.0844. The summed E-state index contributed by atoms with van der Waals surface area (Å²) in [6.45, 7) is 2.59. The first-order valence-electron chi connectivity index (χ1n) is 9.21. The maximum atomic E-state index is 12.8. The second-order valence-corrected chi connectivity index (χ2v) is 7.90. The molecule has 142 valence electrons. The van der Waals surface area contributed by atoms with Crippen LogP contribution in [0.3, 0.4) is 0 Å². The van der Waals surface area contributed by atoms with E-state index in [-0.39, 0.29) is 17.9 Å². The highest BCUT2D eigenvalue weighted by Crippen LogP contribution is 2.31. The van der Waals surface area contributed by atoms with Crippen molar-refractivity contribution in [3.63, 3.8) is 0 Å². The third kappa shape index (κ3) is 4.16. The fourth-order valence-electron chi connectivity index (χ4n) is 4.14. The molecule has 0 unspecified atom stereocenters. The van der Waals surface area contributed by atoms with Gasteiger partial charge in [0, 0.05) is 38.2 Å². The predicted molar refractivity (Wildman–Crippen MR) is 104 cm³/mol. The standard InChI is InChI=1S/C19H25Cl2N3O2/c1-22-18(25)17(13-4-2-3-5-13)23-8-10-24(11-9-23)19(26)15-7-6-14(20)12-16(15)21/h6-7,12-13,17H,2-5,8-11H2,1H3,(H,22,25)/t17-/m0/s1. The van der Waals surface area contributed by atoms with Gasteiger partial charge in [-0.15, -0.1) is 0 Å². The zero-order valence-electron chi connectivity index (χ0n) is 15.0. The van der Waals surface area contributed by atoms with E-state index < -0.39 is 0 Å². The molecule has 2 amide bonds. The highest BCUT2D eigenvalue weighted by molar-refractivity contribution is 6.36. The van der Waals surface area contributed by atoms with E-state index in [2.05, 4.69) is 10.2 Å². The van der Waals surface area contributed by atoms with E-state index in [1.807, 2.05) is 0 Å². The summed E-state index contributed by atoms with van der Waals surface area (Å²) in [7, 11) is 1.70. The van der Waals surface area contributed by atoms with E-state index in [0.717, 1.165) is 12.8 Å². The molecule has 2 fully saturated rings. The second kappa shape index (κ2) is 8.59. The molecule has 0 aromatic heterocycles. The van der Waals surface area contributed by atoms with Crippen molar-refractivity contribution >= 4 is 35.0 Å². The van der Waals surface area contributed by atoms with Crippen molar-refractivity contribution in [3.8, 4) is 0 Å². The fourth-order valence-corrected chi connectivity index (χ4v) is 4.62. The number of carbonyl (C=O) groups is 2. The van der Waals surface area contributed by atoms with Crippen molar-refractivity contribution in [3.05, 3.63) is 33.8 Å². The van der Waals surface area contributed by atoms with Crippen LogP contribution in [0.1, 0.15) is 36.0 Å². The van der Waals surface area contributed by atoms with E-state index in [4.69, 9.17) is 23.2 Å². The van der Waals surface area contributed by atoms with Gasteiger partial charge in [-0.05, 0) is 37.0 Å². The quantitative estimate of drug-likeness (QED) is 0.848. The number of amides is 2. The maximum absolute atomic E-state index is 12.8. The Morgan fingerprint density at radius 1 is 1.12 bits per heavy atom. The minimum absolute atomic E-state index is 0.0799. The average molecular weight is 398 g/mol. The SMILES string of the molecule is CNC(=O)[C@H](C1CCCC1)N1CCN(C(=O)c2ccc(Cl)cc2Cl)CC1. The Morgan fingerprint density at radius 3 is 2.35 bits per heavy atom. The second-order valence-electron chi connectivity index (χ2n) is 7.06.